The number of nitrogens with one attached hydrogen (secondary N) is 1. The van der Waals surface area contributed by atoms with Crippen LogP contribution in [0.4, 0.5) is 0 Å². The molecule has 1 amide bonds. The molecule has 0 fully saturated rings. The van der Waals surface area contributed by atoms with Gasteiger partial charge in [-0.2, -0.15) is 11.8 Å². The van der Waals surface area contributed by atoms with Crippen LogP contribution >= 0.6 is 27.7 Å². The number of carbonyl (C=O) groups is 2. The van der Waals surface area contributed by atoms with Crippen LogP contribution in [0.25, 0.3) is 11.1 Å². The predicted molar refractivity (Wildman–Crippen MR) is 106 cm³/mol. The number of amides is 1. The van der Waals surface area contributed by atoms with Crippen molar-refractivity contribution in [2.24, 2.45) is 0 Å². The van der Waals surface area contributed by atoms with E-state index in [1.165, 1.54) is 7.11 Å². The van der Waals surface area contributed by atoms with E-state index in [1.807, 2.05) is 48.7 Å². The van der Waals surface area contributed by atoms with E-state index < -0.39 is 12.0 Å². The third kappa shape index (κ3) is 5.34. The monoisotopic (exact) mass is 421 g/mol. The van der Waals surface area contributed by atoms with Crippen molar-refractivity contribution in [2.75, 3.05) is 19.1 Å². The van der Waals surface area contributed by atoms with E-state index in [1.54, 1.807) is 17.8 Å². The van der Waals surface area contributed by atoms with Gasteiger partial charge in [0.1, 0.15) is 6.04 Å². The number of esters is 1. The largest absolute Gasteiger partial charge is 0.467 e. The lowest BCUT2D eigenvalue weighted by Crippen LogP contribution is -2.42. The minimum atomic E-state index is -0.655. The summed E-state index contributed by atoms with van der Waals surface area (Å²) < 4.78 is 5.69. The molecule has 0 spiro atoms. The highest BCUT2D eigenvalue weighted by Gasteiger charge is 2.23. The van der Waals surface area contributed by atoms with Crippen LogP contribution in [0.5, 0.6) is 0 Å². The third-order valence-corrected chi connectivity index (χ3v) is 4.85. The van der Waals surface area contributed by atoms with Gasteiger partial charge in [0.15, 0.2) is 0 Å². The molecule has 132 valence electrons. The van der Waals surface area contributed by atoms with Crippen LogP contribution < -0.4 is 5.32 Å². The summed E-state index contributed by atoms with van der Waals surface area (Å²) in [4.78, 5) is 24.7. The fourth-order valence-corrected chi connectivity index (χ4v) is 3.27. The molecule has 2 aromatic carbocycles. The molecule has 0 aromatic heterocycles. The highest BCUT2D eigenvalue weighted by Crippen LogP contribution is 2.27. The molecule has 2 rings (SSSR count). The average Bonchev–Trinajstić information content (AvgIpc) is 2.64. The Kier molecular flexibility index (Phi) is 7.52. The molecule has 2 aromatic rings. The van der Waals surface area contributed by atoms with E-state index in [4.69, 9.17) is 4.74 Å². The number of rotatable bonds is 7. The maximum absolute atomic E-state index is 12.8. The maximum Gasteiger partial charge on any atom is 0.328 e. The molecule has 0 aliphatic rings. The number of halogens is 1. The number of ether oxygens (including phenoxy) is 1. The Bertz CT molecular complexity index is 737. The molecular weight excluding hydrogens is 402 g/mol. The van der Waals surface area contributed by atoms with Crippen molar-refractivity contribution < 1.29 is 14.3 Å². The van der Waals surface area contributed by atoms with E-state index in [9.17, 15) is 9.59 Å². The molecule has 0 radical (unpaired) electrons. The molecule has 0 aliphatic heterocycles. The fraction of sp³-hybridized carbons (Fsp3) is 0.263. The van der Waals surface area contributed by atoms with Gasteiger partial charge in [-0.05, 0) is 47.8 Å². The zero-order valence-electron chi connectivity index (χ0n) is 14.1. The van der Waals surface area contributed by atoms with Crippen LogP contribution in [0.1, 0.15) is 16.8 Å². The quantitative estimate of drug-likeness (QED) is 0.682. The molecule has 25 heavy (non-hydrogen) atoms. The highest BCUT2D eigenvalue weighted by atomic mass is 79.9. The topological polar surface area (TPSA) is 55.4 Å². The first-order valence-corrected chi connectivity index (χ1v) is 9.98. The van der Waals surface area contributed by atoms with E-state index in [-0.39, 0.29) is 5.91 Å². The van der Waals surface area contributed by atoms with Gasteiger partial charge in [0.25, 0.3) is 5.91 Å². The van der Waals surface area contributed by atoms with Crippen LogP contribution in [0.15, 0.2) is 53.0 Å². The van der Waals surface area contributed by atoms with Crippen LogP contribution in [0, 0.1) is 0 Å². The summed E-state index contributed by atoms with van der Waals surface area (Å²) in [5.74, 6) is 0.0370. The molecular formula is C19H20BrNO3S. The Balaban J connectivity index is 2.30. The minimum Gasteiger partial charge on any atom is -0.467 e. The molecule has 4 nitrogen and oxygen atoms in total. The minimum absolute atomic E-state index is 0.289. The Morgan fingerprint density at radius 3 is 2.56 bits per heavy atom. The summed E-state index contributed by atoms with van der Waals surface area (Å²) in [5.41, 5.74) is 2.26. The van der Waals surface area contributed by atoms with Crippen molar-refractivity contribution in [1.29, 1.82) is 0 Å². The molecule has 0 bridgehead atoms. The van der Waals surface area contributed by atoms with Crippen LogP contribution in [-0.4, -0.2) is 37.0 Å². The summed E-state index contributed by atoms with van der Waals surface area (Å²) in [6.45, 7) is 0. The van der Waals surface area contributed by atoms with Crippen molar-refractivity contribution in [2.45, 2.75) is 12.5 Å². The van der Waals surface area contributed by atoms with Gasteiger partial charge in [-0.25, -0.2) is 4.79 Å². The Labute approximate surface area is 160 Å². The van der Waals surface area contributed by atoms with Gasteiger partial charge in [-0.3, -0.25) is 4.79 Å². The molecule has 0 heterocycles. The Morgan fingerprint density at radius 1 is 1.20 bits per heavy atom. The van der Waals surface area contributed by atoms with Gasteiger partial charge in [-0.1, -0.05) is 46.3 Å². The zero-order valence-corrected chi connectivity index (χ0v) is 16.5. The number of carbonyl (C=O) groups excluding carboxylic acids is 2. The number of hydrogen-bond acceptors (Lipinski definition) is 4. The summed E-state index contributed by atoms with van der Waals surface area (Å²) >= 11 is 5.07. The second-order valence-corrected chi connectivity index (χ2v) is 7.29. The van der Waals surface area contributed by atoms with Crippen molar-refractivity contribution in [3.8, 4) is 11.1 Å². The molecule has 0 unspecified atom stereocenters. The fourth-order valence-electron chi connectivity index (χ4n) is 2.43. The number of thioether (sulfide) groups is 1. The predicted octanol–water partition coefficient (Wildman–Crippen LogP) is 4.14. The smallest absolute Gasteiger partial charge is 0.328 e. The second kappa shape index (κ2) is 9.63. The van der Waals surface area contributed by atoms with E-state index in [0.29, 0.717) is 12.0 Å². The molecule has 1 N–H and O–H groups in total. The standard InChI is InChI=1S/C19H20BrNO3S/c1-24-19(23)17(10-11-25-2)21-18(22)15-9-8-14(20)12-16(15)13-6-4-3-5-7-13/h3-9,12,17H,10-11H2,1-2H3,(H,21,22)/t17-/m0/s1. The van der Waals surface area contributed by atoms with Crippen LogP contribution in [0.2, 0.25) is 0 Å². The zero-order chi connectivity index (χ0) is 18.2. The first-order chi connectivity index (χ1) is 12.1. The van der Waals surface area contributed by atoms with Gasteiger partial charge in [0.2, 0.25) is 0 Å². The summed E-state index contributed by atoms with van der Waals surface area (Å²) in [5, 5.41) is 2.81. The van der Waals surface area contributed by atoms with E-state index >= 15 is 0 Å². The number of benzene rings is 2. The molecule has 0 saturated heterocycles. The number of hydrogen-bond donors (Lipinski definition) is 1. The van der Waals surface area contributed by atoms with Crippen molar-refractivity contribution in [1.82, 2.24) is 5.32 Å². The first-order valence-electron chi connectivity index (χ1n) is 7.79. The van der Waals surface area contributed by atoms with Crippen molar-refractivity contribution in [3.05, 3.63) is 58.6 Å². The SMILES string of the molecule is COC(=O)[C@H](CCSC)NC(=O)c1ccc(Br)cc1-c1ccccc1. The molecule has 1 atom stereocenters. The normalized spacial score (nSPS) is 11.6. The maximum atomic E-state index is 12.8. The van der Waals surface area contributed by atoms with Crippen LogP contribution in [0.3, 0.4) is 0 Å². The van der Waals surface area contributed by atoms with Crippen LogP contribution in [-0.2, 0) is 9.53 Å². The Hall–Kier alpha value is -1.79. The van der Waals surface area contributed by atoms with E-state index in [0.717, 1.165) is 21.4 Å². The van der Waals surface area contributed by atoms with Crippen molar-refractivity contribution in [3.63, 3.8) is 0 Å². The van der Waals surface area contributed by atoms with Crippen molar-refractivity contribution >= 4 is 39.6 Å². The molecule has 0 saturated carbocycles. The van der Waals surface area contributed by atoms with Gasteiger partial charge in [0, 0.05) is 10.0 Å². The third-order valence-electron chi connectivity index (χ3n) is 3.71. The first kappa shape index (κ1) is 19.5. The number of methoxy groups -OCH3 is 1. The summed E-state index contributed by atoms with van der Waals surface area (Å²) in [6, 6.07) is 14.5. The lowest BCUT2D eigenvalue weighted by atomic mass is 9.99. The Morgan fingerprint density at radius 2 is 1.92 bits per heavy atom. The molecule has 0 aliphatic carbocycles. The molecule has 6 heteroatoms. The summed E-state index contributed by atoms with van der Waals surface area (Å²) in [7, 11) is 1.33. The van der Waals surface area contributed by atoms with Gasteiger partial charge in [-0.15, -0.1) is 0 Å². The lowest BCUT2D eigenvalue weighted by molar-refractivity contribution is -0.142. The van der Waals surface area contributed by atoms with Gasteiger partial charge in [0.05, 0.1) is 7.11 Å². The summed E-state index contributed by atoms with van der Waals surface area (Å²) in [6.07, 6.45) is 2.48. The lowest BCUT2D eigenvalue weighted by Gasteiger charge is -2.17. The second-order valence-electron chi connectivity index (χ2n) is 5.39. The van der Waals surface area contributed by atoms with Gasteiger partial charge < -0.3 is 10.1 Å². The van der Waals surface area contributed by atoms with Gasteiger partial charge >= 0.3 is 5.97 Å². The average molecular weight is 422 g/mol. The van der Waals surface area contributed by atoms with E-state index in [2.05, 4.69) is 21.2 Å². The highest BCUT2D eigenvalue weighted by molar-refractivity contribution is 9.10.